The van der Waals surface area contributed by atoms with Gasteiger partial charge in [-0.15, -0.1) is 11.3 Å². The Labute approximate surface area is 240 Å². The SMILES string of the molecule is CCn1c(=O)/c(=C/Nc2ccc3c(c2)c(C(=O)N2CCN(C)CC2)cn3CCOC)s/c1=C(\C#N)C(=O)NCC#N. The number of nitrogens with one attached hydrogen (secondary N) is 2. The third kappa shape index (κ3) is 6.33. The van der Waals surface area contributed by atoms with Crippen molar-refractivity contribution in [3.8, 4) is 12.1 Å². The Balaban J connectivity index is 1.73. The Hall–Kier alpha value is -4.43. The number of anilines is 1. The summed E-state index contributed by atoms with van der Waals surface area (Å²) in [4.78, 5) is 43.1. The Morgan fingerprint density at radius 2 is 1.95 bits per heavy atom. The molecule has 0 saturated carbocycles. The third-order valence-corrected chi connectivity index (χ3v) is 8.04. The predicted octanol–water partition coefficient (Wildman–Crippen LogP) is 0.0826. The molecule has 3 aromatic rings. The molecule has 0 spiro atoms. The number of ether oxygens (including phenoxy) is 1. The van der Waals surface area contributed by atoms with Crippen LogP contribution in [0.25, 0.3) is 22.7 Å². The van der Waals surface area contributed by atoms with Crippen LogP contribution in [0, 0.1) is 22.7 Å². The molecule has 3 heterocycles. The lowest BCUT2D eigenvalue weighted by Gasteiger charge is -2.32. The molecule has 0 unspecified atom stereocenters. The fraction of sp³-hybridized carbons (Fsp3) is 0.393. The fourth-order valence-electron chi connectivity index (χ4n) is 4.66. The van der Waals surface area contributed by atoms with E-state index < -0.39 is 5.91 Å². The number of hydrogen-bond acceptors (Lipinski definition) is 9. The molecule has 214 valence electrons. The minimum Gasteiger partial charge on any atom is -0.383 e. The van der Waals surface area contributed by atoms with Crippen molar-refractivity contribution in [2.24, 2.45) is 0 Å². The van der Waals surface area contributed by atoms with Gasteiger partial charge in [0.25, 0.3) is 17.4 Å². The molecule has 0 bridgehead atoms. The summed E-state index contributed by atoms with van der Waals surface area (Å²) in [5, 5.41) is 24.6. The lowest BCUT2D eigenvalue weighted by Crippen LogP contribution is -2.47. The second-order valence-corrected chi connectivity index (χ2v) is 10.5. The Kier molecular flexibility index (Phi) is 9.57. The Morgan fingerprint density at radius 1 is 1.20 bits per heavy atom. The third-order valence-electron chi connectivity index (χ3n) is 6.91. The van der Waals surface area contributed by atoms with Crippen LogP contribution in [-0.4, -0.2) is 84.2 Å². The summed E-state index contributed by atoms with van der Waals surface area (Å²) in [7, 11) is 3.68. The van der Waals surface area contributed by atoms with E-state index >= 15 is 0 Å². The van der Waals surface area contributed by atoms with Crippen molar-refractivity contribution >= 4 is 51.5 Å². The predicted molar refractivity (Wildman–Crippen MR) is 156 cm³/mol. The number of likely N-dealkylation sites (N-methyl/N-ethyl adjacent to an activating group) is 1. The van der Waals surface area contributed by atoms with Crippen molar-refractivity contribution in [3.05, 3.63) is 49.5 Å². The van der Waals surface area contributed by atoms with E-state index in [4.69, 9.17) is 10.00 Å². The van der Waals surface area contributed by atoms with Gasteiger partial charge in [0.1, 0.15) is 21.8 Å². The van der Waals surface area contributed by atoms with Gasteiger partial charge in [-0.2, -0.15) is 10.5 Å². The van der Waals surface area contributed by atoms with E-state index in [2.05, 4.69) is 15.5 Å². The number of piperazine rings is 1. The lowest BCUT2D eigenvalue weighted by molar-refractivity contribution is -0.115. The highest BCUT2D eigenvalue weighted by Gasteiger charge is 2.24. The van der Waals surface area contributed by atoms with Gasteiger partial charge < -0.3 is 29.7 Å². The van der Waals surface area contributed by atoms with Crippen LogP contribution in [0.4, 0.5) is 5.69 Å². The standard InChI is InChI=1S/C28H32N8O4S/c1-4-36-27(39)24(41-28(36)21(16-30)25(37)31-8-7-29)17-32-19-5-6-23-20(15-19)22(18-35(23)13-14-40-3)26(38)34-11-9-33(2)10-12-34/h5-6,15,17-18,32H,4,8-14H2,1-3H3,(H,31,37)/b24-17-,28-21+. The van der Waals surface area contributed by atoms with Crippen LogP contribution in [0.15, 0.2) is 29.2 Å². The number of fused-ring (bicyclic) bond motifs is 1. The number of rotatable bonds is 9. The van der Waals surface area contributed by atoms with Crippen LogP contribution in [0.2, 0.25) is 0 Å². The van der Waals surface area contributed by atoms with Gasteiger partial charge in [0, 0.05) is 75.4 Å². The summed E-state index contributed by atoms with van der Waals surface area (Å²) in [6.07, 6.45) is 3.41. The summed E-state index contributed by atoms with van der Waals surface area (Å²) < 4.78 is 9.15. The van der Waals surface area contributed by atoms with Crippen molar-refractivity contribution in [3.63, 3.8) is 0 Å². The van der Waals surface area contributed by atoms with Crippen molar-refractivity contribution in [1.29, 1.82) is 10.5 Å². The maximum Gasteiger partial charge on any atom is 0.270 e. The summed E-state index contributed by atoms with van der Waals surface area (Å²) in [5.74, 6) is -0.735. The van der Waals surface area contributed by atoms with E-state index in [1.807, 2.05) is 47.0 Å². The van der Waals surface area contributed by atoms with Crippen LogP contribution in [0.1, 0.15) is 17.3 Å². The normalized spacial score (nSPS) is 15.0. The number of nitriles is 2. The van der Waals surface area contributed by atoms with Crippen molar-refractivity contribution < 1.29 is 14.3 Å². The molecule has 12 nitrogen and oxygen atoms in total. The van der Waals surface area contributed by atoms with Crippen LogP contribution in [0.3, 0.4) is 0 Å². The summed E-state index contributed by atoms with van der Waals surface area (Å²) >= 11 is 1.01. The molecule has 2 aromatic heterocycles. The molecule has 1 aliphatic heterocycles. The molecule has 2 amide bonds. The van der Waals surface area contributed by atoms with E-state index in [9.17, 15) is 19.6 Å². The van der Waals surface area contributed by atoms with E-state index in [-0.39, 0.29) is 34.8 Å². The molecule has 4 rings (SSSR count). The molecule has 41 heavy (non-hydrogen) atoms. The second-order valence-electron chi connectivity index (χ2n) is 9.49. The zero-order chi connectivity index (χ0) is 29.5. The molecule has 1 saturated heterocycles. The lowest BCUT2D eigenvalue weighted by atomic mass is 10.1. The average Bonchev–Trinajstić information content (AvgIpc) is 3.50. The molecule has 2 N–H and O–H groups in total. The topological polar surface area (TPSA) is 148 Å². The summed E-state index contributed by atoms with van der Waals surface area (Å²) in [5.41, 5.74) is 1.59. The maximum absolute atomic E-state index is 13.5. The molecule has 1 aromatic carbocycles. The second kappa shape index (κ2) is 13.3. The van der Waals surface area contributed by atoms with Gasteiger partial charge in [0.2, 0.25) is 0 Å². The first-order valence-electron chi connectivity index (χ1n) is 13.2. The van der Waals surface area contributed by atoms with Gasteiger partial charge in [-0.3, -0.25) is 19.0 Å². The highest BCUT2D eigenvalue weighted by atomic mass is 32.1. The maximum atomic E-state index is 13.5. The van der Waals surface area contributed by atoms with Crippen LogP contribution < -0.4 is 25.4 Å². The highest BCUT2D eigenvalue weighted by Crippen LogP contribution is 2.27. The molecule has 0 radical (unpaired) electrons. The summed E-state index contributed by atoms with van der Waals surface area (Å²) in [6, 6.07) is 9.33. The van der Waals surface area contributed by atoms with E-state index in [0.717, 1.165) is 35.3 Å². The van der Waals surface area contributed by atoms with Crippen molar-refractivity contribution in [2.75, 3.05) is 58.8 Å². The van der Waals surface area contributed by atoms with Crippen LogP contribution >= 0.6 is 11.3 Å². The number of thiazole rings is 1. The Bertz CT molecular complexity index is 1710. The highest BCUT2D eigenvalue weighted by molar-refractivity contribution is 7.07. The zero-order valence-electron chi connectivity index (χ0n) is 23.3. The zero-order valence-corrected chi connectivity index (χ0v) is 24.1. The first-order valence-corrected chi connectivity index (χ1v) is 14.0. The van der Waals surface area contributed by atoms with Gasteiger partial charge in [0.05, 0.1) is 18.2 Å². The quantitative estimate of drug-likeness (QED) is 0.341. The fourth-order valence-corrected chi connectivity index (χ4v) is 5.74. The number of amides is 2. The van der Waals surface area contributed by atoms with Crippen LogP contribution in [0.5, 0.6) is 0 Å². The van der Waals surface area contributed by atoms with Crippen LogP contribution in [-0.2, 0) is 22.6 Å². The number of carbonyl (C=O) groups excluding carboxylic acids is 2. The molecule has 13 heteroatoms. The molecular weight excluding hydrogens is 544 g/mol. The molecule has 1 aliphatic rings. The molecular formula is C28H32N8O4S. The van der Waals surface area contributed by atoms with Gasteiger partial charge in [-0.1, -0.05) is 0 Å². The number of aromatic nitrogens is 2. The minimum absolute atomic E-state index is 0.0247. The average molecular weight is 577 g/mol. The first-order chi connectivity index (χ1) is 19.8. The number of methoxy groups -OCH3 is 1. The molecule has 1 fully saturated rings. The Morgan fingerprint density at radius 3 is 2.61 bits per heavy atom. The molecule has 0 atom stereocenters. The minimum atomic E-state index is -0.710. The largest absolute Gasteiger partial charge is 0.383 e. The van der Waals surface area contributed by atoms with Gasteiger partial charge in [-0.05, 0) is 32.2 Å². The van der Waals surface area contributed by atoms with Crippen molar-refractivity contribution in [2.45, 2.75) is 20.0 Å². The van der Waals surface area contributed by atoms with Gasteiger partial charge in [0.15, 0.2) is 5.57 Å². The number of benzene rings is 1. The first kappa shape index (κ1) is 29.6. The van der Waals surface area contributed by atoms with Gasteiger partial charge >= 0.3 is 0 Å². The number of carbonyl (C=O) groups is 2. The van der Waals surface area contributed by atoms with E-state index in [0.29, 0.717) is 42.0 Å². The van der Waals surface area contributed by atoms with E-state index in [1.54, 1.807) is 20.1 Å². The summed E-state index contributed by atoms with van der Waals surface area (Å²) in [6.45, 7) is 5.81. The monoisotopic (exact) mass is 576 g/mol. The molecule has 0 aliphatic carbocycles. The van der Waals surface area contributed by atoms with Crippen molar-refractivity contribution in [1.82, 2.24) is 24.3 Å². The van der Waals surface area contributed by atoms with Gasteiger partial charge in [-0.25, -0.2) is 0 Å². The smallest absolute Gasteiger partial charge is 0.270 e. The number of hydrogen-bond donors (Lipinski definition) is 2. The van der Waals surface area contributed by atoms with E-state index in [1.165, 1.54) is 10.8 Å². The number of nitrogens with zero attached hydrogens (tertiary/aromatic N) is 6.